The summed E-state index contributed by atoms with van der Waals surface area (Å²) in [7, 11) is -3.77. The van der Waals surface area contributed by atoms with Gasteiger partial charge in [-0.25, -0.2) is 17.5 Å². The minimum atomic E-state index is -3.77. The molecule has 1 fully saturated rings. The predicted molar refractivity (Wildman–Crippen MR) is 73.0 cm³/mol. The van der Waals surface area contributed by atoms with Gasteiger partial charge in [-0.1, -0.05) is 24.9 Å². The lowest BCUT2D eigenvalue weighted by atomic mass is 9.71. The van der Waals surface area contributed by atoms with Crippen molar-refractivity contribution in [3.63, 3.8) is 0 Å². The maximum absolute atomic E-state index is 13.2. The molecule has 0 radical (unpaired) electrons. The summed E-state index contributed by atoms with van der Waals surface area (Å²) in [5, 5.41) is -0.169. The Kier molecular flexibility index (Phi) is 3.77. The molecule has 106 valence electrons. The van der Waals surface area contributed by atoms with Gasteiger partial charge in [0.1, 0.15) is 10.7 Å². The number of anilines is 1. The van der Waals surface area contributed by atoms with Crippen molar-refractivity contribution < 1.29 is 12.8 Å². The van der Waals surface area contributed by atoms with Gasteiger partial charge < -0.3 is 5.73 Å². The molecule has 0 aliphatic heterocycles. The summed E-state index contributed by atoms with van der Waals surface area (Å²) in [6.45, 7) is 2.38. The number of hydrogen-bond donors (Lipinski definition) is 2. The summed E-state index contributed by atoms with van der Waals surface area (Å²) in [6, 6.07) is 1.96. The minimum Gasteiger partial charge on any atom is -0.396 e. The SMILES string of the molecule is CC1(CNS(=O)(=O)c2cc(N)c(F)cc2Cl)CCC1. The van der Waals surface area contributed by atoms with Crippen LogP contribution in [0.25, 0.3) is 0 Å². The maximum atomic E-state index is 13.2. The Bertz CT molecular complexity index is 600. The Morgan fingerprint density at radius 2 is 2.11 bits per heavy atom. The lowest BCUT2D eigenvalue weighted by molar-refractivity contribution is 0.166. The van der Waals surface area contributed by atoms with Crippen LogP contribution in [0.2, 0.25) is 5.02 Å². The summed E-state index contributed by atoms with van der Waals surface area (Å²) < 4.78 is 39.9. The highest BCUT2D eigenvalue weighted by Gasteiger charge is 2.33. The fraction of sp³-hybridized carbons (Fsp3) is 0.500. The first-order valence-corrected chi connectivity index (χ1v) is 7.84. The monoisotopic (exact) mass is 306 g/mol. The molecule has 3 N–H and O–H groups in total. The van der Waals surface area contributed by atoms with Gasteiger partial charge in [-0.05, 0) is 30.4 Å². The lowest BCUT2D eigenvalue weighted by Gasteiger charge is -2.38. The third kappa shape index (κ3) is 3.01. The number of benzene rings is 1. The van der Waals surface area contributed by atoms with Gasteiger partial charge in [-0.15, -0.1) is 0 Å². The Morgan fingerprint density at radius 3 is 2.63 bits per heavy atom. The van der Waals surface area contributed by atoms with Crippen LogP contribution in [-0.4, -0.2) is 15.0 Å². The fourth-order valence-corrected chi connectivity index (χ4v) is 3.80. The van der Waals surface area contributed by atoms with E-state index in [-0.39, 0.29) is 21.0 Å². The quantitative estimate of drug-likeness (QED) is 0.840. The number of nitrogens with two attached hydrogens (primary N) is 1. The summed E-state index contributed by atoms with van der Waals surface area (Å²) in [5.74, 6) is -0.727. The average Bonchev–Trinajstić information content (AvgIpc) is 2.28. The number of rotatable bonds is 4. The van der Waals surface area contributed by atoms with Crippen LogP contribution in [0.1, 0.15) is 26.2 Å². The molecular weight excluding hydrogens is 291 g/mol. The Balaban J connectivity index is 2.22. The Labute approximate surface area is 117 Å². The molecule has 4 nitrogen and oxygen atoms in total. The van der Waals surface area contributed by atoms with Crippen molar-refractivity contribution >= 4 is 27.3 Å². The van der Waals surface area contributed by atoms with Crippen LogP contribution in [0.3, 0.4) is 0 Å². The van der Waals surface area contributed by atoms with Crippen molar-refractivity contribution in [3.05, 3.63) is 23.0 Å². The number of nitrogens with one attached hydrogen (secondary N) is 1. The summed E-state index contributed by atoms with van der Waals surface area (Å²) >= 11 is 5.77. The highest BCUT2D eigenvalue weighted by molar-refractivity contribution is 7.89. The molecule has 0 amide bonds. The van der Waals surface area contributed by atoms with Gasteiger partial charge in [0.2, 0.25) is 10.0 Å². The summed E-state index contributed by atoms with van der Waals surface area (Å²) in [5.41, 5.74) is 5.15. The minimum absolute atomic E-state index is 0.00508. The third-order valence-corrected chi connectivity index (χ3v) is 5.46. The van der Waals surface area contributed by atoms with Crippen LogP contribution >= 0.6 is 11.6 Å². The first-order valence-electron chi connectivity index (χ1n) is 5.98. The molecule has 1 saturated carbocycles. The van der Waals surface area contributed by atoms with E-state index in [1.807, 2.05) is 6.92 Å². The first kappa shape index (κ1) is 14.6. The molecule has 7 heteroatoms. The van der Waals surface area contributed by atoms with Gasteiger partial charge in [-0.3, -0.25) is 0 Å². The van der Waals surface area contributed by atoms with Gasteiger partial charge in [0.15, 0.2) is 0 Å². The van der Waals surface area contributed by atoms with Crippen LogP contribution in [0.5, 0.6) is 0 Å². The number of halogens is 2. The maximum Gasteiger partial charge on any atom is 0.242 e. The van der Waals surface area contributed by atoms with Crippen LogP contribution in [-0.2, 0) is 10.0 Å². The van der Waals surface area contributed by atoms with Gasteiger partial charge in [-0.2, -0.15) is 0 Å². The molecule has 0 spiro atoms. The molecule has 0 bridgehead atoms. The average molecular weight is 307 g/mol. The molecule has 1 aromatic carbocycles. The van der Waals surface area contributed by atoms with Crippen LogP contribution in [0, 0.1) is 11.2 Å². The summed E-state index contributed by atoms with van der Waals surface area (Å²) in [6.07, 6.45) is 3.10. The van der Waals surface area contributed by atoms with E-state index in [9.17, 15) is 12.8 Å². The van der Waals surface area contributed by atoms with Crippen molar-refractivity contribution in [3.8, 4) is 0 Å². The van der Waals surface area contributed by atoms with Crippen molar-refractivity contribution in [2.45, 2.75) is 31.1 Å². The number of nitrogen functional groups attached to an aromatic ring is 1. The number of hydrogen-bond acceptors (Lipinski definition) is 3. The van der Waals surface area contributed by atoms with E-state index < -0.39 is 15.8 Å². The number of sulfonamides is 1. The lowest BCUT2D eigenvalue weighted by Crippen LogP contribution is -2.40. The summed E-state index contributed by atoms with van der Waals surface area (Å²) in [4.78, 5) is -0.184. The first-order chi connectivity index (χ1) is 8.73. The molecule has 19 heavy (non-hydrogen) atoms. The van der Waals surface area contributed by atoms with Gasteiger partial charge in [0, 0.05) is 6.54 Å². The van der Waals surface area contributed by atoms with Crippen LogP contribution in [0.15, 0.2) is 17.0 Å². The molecule has 1 aliphatic carbocycles. The van der Waals surface area contributed by atoms with Gasteiger partial charge in [0.05, 0.1) is 10.7 Å². The molecule has 2 rings (SSSR count). The van der Waals surface area contributed by atoms with E-state index in [0.29, 0.717) is 6.54 Å². The van der Waals surface area contributed by atoms with Crippen LogP contribution < -0.4 is 10.5 Å². The molecule has 0 atom stereocenters. The molecule has 0 heterocycles. The molecule has 0 aromatic heterocycles. The van der Waals surface area contributed by atoms with E-state index in [1.165, 1.54) is 0 Å². The largest absolute Gasteiger partial charge is 0.396 e. The molecular formula is C12H16ClFN2O2S. The van der Waals surface area contributed by atoms with Crippen molar-refractivity contribution in [1.29, 1.82) is 0 Å². The van der Waals surface area contributed by atoms with Crippen LogP contribution in [0.4, 0.5) is 10.1 Å². The Morgan fingerprint density at radius 1 is 1.47 bits per heavy atom. The third-order valence-electron chi connectivity index (χ3n) is 3.59. The normalized spacial score (nSPS) is 18.1. The molecule has 1 aromatic rings. The highest BCUT2D eigenvalue weighted by Crippen LogP contribution is 2.39. The van der Waals surface area contributed by atoms with Crippen molar-refractivity contribution in [1.82, 2.24) is 4.72 Å². The predicted octanol–water partition coefficient (Wildman–Crippen LogP) is 2.53. The van der Waals surface area contributed by atoms with E-state index in [2.05, 4.69) is 4.72 Å². The second kappa shape index (κ2) is 4.92. The second-order valence-corrected chi connectivity index (χ2v) is 7.44. The fourth-order valence-electron chi connectivity index (χ4n) is 2.05. The second-order valence-electron chi connectivity index (χ2n) is 5.29. The zero-order valence-electron chi connectivity index (χ0n) is 10.5. The van der Waals surface area contributed by atoms with E-state index in [0.717, 1.165) is 31.4 Å². The standard InChI is InChI=1S/C12H16ClFN2O2S/c1-12(3-2-4-12)7-16-19(17,18)11-6-10(15)9(14)5-8(11)13/h5-6,16H,2-4,7,15H2,1H3. The zero-order chi connectivity index (χ0) is 14.3. The molecule has 1 aliphatic rings. The smallest absolute Gasteiger partial charge is 0.242 e. The van der Waals surface area contributed by atoms with E-state index >= 15 is 0 Å². The van der Waals surface area contributed by atoms with Gasteiger partial charge in [0.25, 0.3) is 0 Å². The molecule has 0 saturated heterocycles. The van der Waals surface area contributed by atoms with Crippen molar-refractivity contribution in [2.75, 3.05) is 12.3 Å². The van der Waals surface area contributed by atoms with E-state index in [4.69, 9.17) is 17.3 Å². The highest BCUT2D eigenvalue weighted by atomic mass is 35.5. The zero-order valence-corrected chi connectivity index (χ0v) is 12.1. The van der Waals surface area contributed by atoms with Crippen molar-refractivity contribution in [2.24, 2.45) is 5.41 Å². The van der Waals surface area contributed by atoms with Gasteiger partial charge >= 0.3 is 0 Å². The molecule has 0 unspecified atom stereocenters. The topological polar surface area (TPSA) is 72.2 Å². The Hall–Kier alpha value is -0.850. The van der Waals surface area contributed by atoms with E-state index in [1.54, 1.807) is 0 Å².